The highest BCUT2D eigenvalue weighted by molar-refractivity contribution is 7.09. The Bertz CT molecular complexity index is 975. The van der Waals surface area contributed by atoms with Crippen molar-refractivity contribution in [3.8, 4) is 11.5 Å². The Morgan fingerprint density at radius 1 is 1.17 bits per heavy atom. The van der Waals surface area contributed by atoms with Gasteiger partial charge < -0.3 is 14.4 Å². The summed E-state index contributed by atoms with van der Waals surface area (Å²) in [5.41, 5.74) is 1.47. The standard InChI is InChI=1S/C23H25ClN2O3S/c1-4-16(2)26(23(27)17-9-11-18(24)12-10-17)13-19-15-30-22(25-19)14-29-21-8-6-5-7-20(21)28-3/h5-12,15-16H,4,13-14H2,1-3H3/t16-/m0/s1. The van der Waals surface area contributed by atoms with Crippen LogP contribution in [-0.2, 0) is 13.2 Å². The summed E-state index contributed by atoms with van der Waals surface area (Å²) in [4.78, 5) is 19.6. The van der Waals surface area contributed by atoms with Crippen molar-refractivity contribution in [1.82, 2.24) is 9.88 Å². The minimum atomic E-state index is -0.0270. The molecule has 158 valence electrons. The van der Waals surface area contributed by atoms with Gasteiger partial charge in [0, 0.05) is 22.0 Å². The van der Waals surface area contributed by atoms with E-state index in [0.29, 0.717) is 35.2 Å². The van der Waals surface area contributed by atoms with E-state index in [0.717, 1.165) is 17.1 Å². The average molecular weight is 445 g/mol. The lowest BCUT2D eigenvalue weighted by molar-refractivity contribution is 0.0669. The number of para-hydroxylation sites is 2. The summed E-state index contributed by atoms with van der Waals surface area (Å²) in [6.07, 6.45) is 0.854. The first kappa shape index (κ1) is 22.1. The summed E-state index contributed by atoms with van der Waals surface area (Å²) in [6.45, 7) is 4.91. The van der Waals surface area contributed by atoms with E-state index in [-0.39, 0.29) is 11.9 Å². The maximum Gasteiger partial charge on any atom is 0.254 e. The maximum atomic E-state index is 13.1. The third-order valence-electron chi connectivity index (χ3n) is 4.83. The molecule has 1 atom stereocenters. The van der Waals surface area contributed by atoms with Crippen LogP contribution in [0.2, 0.25) is 5.02 Å². The molecule has 1 amide bonds. The highest BCUT2D eigenvalue weighted by Crippen LogP contribution is 2.27. The first-order valence-corrected chi connectivity index (χ1v) is 11.0. The number of halogens is 1. The molecule has 7 heteroatoms. The fourth-order valence-corrected chi connectivity index (χ4v) is 3.77. The Kier molecular flexibility index (Phi) is 7.71. The summed E-state index contributed by atoms with van der Waals surface area (Å²) < 4.78 is 11.2. The first-order valence-electron chi connectivity index (χ1n) is 9.77. The van der Waals surface area contributed by atoms with Crippen molar-refractivity contribution in [1.29, 1.82) is 0 Å². The second-order valence-electron chi connectivity index (χ2n) is 6.87. The molecule has 0 aliphatic carbocycles. The van der Waals surface area contributed by atoms with E-state index < -0.39 is 0 Å². The Morgan fingerprint density at radius 2 is 1.87 bits per heavy atom. The molecule has 0 fully saturated rings. The number of benzene rings is 2. The molecule has 5 nitrogen and oxygen atoms in total. The van der Waals surface area contributed by atoms with Gasteiger partial charge in [0.25, 0.3) is 5.91 Å². The Hall–Kier alpha value is -2.57. The summed E-state index contributed by atoms with van der Waals surface area (Å²) in [6, 6.07) is 14.6. The number of carbonyl (C=O) groups excluding carboxylic acids is 1. The van der Waals surface area contributed by atoms with Gasteiger partial charge in [0.1, 0.15) is 11.6 Å². The summed E-state index contributed by atoms with van der Waals surface area (Å²) >= 11 is 7.48. The molecular weight excluding hydrogens is 420 g/mol. The molecule has 0 N–H and O–H groups in total. The molecule has 0 spiro atoms. The van der Waals surface area contributed by atoms with E-state index in [1.807, 2.05) is 41.5 Å². The SMILES string of the molecule is CC[C@H](C)N(Cc1csc(COc2ccccc2OC)n1)C(=O)c1ccc(Cl)cc1. The van der Waals surface area contributed by atoms with Crippen LogP contribution in [0, 0.1) is 0 Å². The second-order valence-corrected chi connectivity index (χ2v) is 8.25. The number of aromatic nitrogens is 1. The fraction of sp³-hybridized carbons (Fsp3) is 0.304. The quantitative estimate of drug-likeness (QED) is 0.417. The van der Waals surface area contributed by atoms with Gasteiger partial charge in [-0.05, 0) is 49.7 Å². The van der Waals surface area contributed by atoms with E-state index in [2.05, 4.69) is 11.9 Å². The molecule has 3 rings (SSSR count). The van der Waals surface area contributed by atoms with Crippen molar-refractivity contribution in [2.45, 2.75) is 39.5 Å². The van der Waals surface area contributed by atoms with Crippen molar-refractivity contribution in [2.75, 3.05) is 7.11 Å². The van der Waals surface area contributed by atoms with Crippen LogP contribution in [0.1, 0.15) is 41.3 Å². The van der Waals surface area contributed by atoms with E-state index in [4.69, 9.17) is 21.1 Å². The lowest BCUT2D eigenvalue weighted by Crippen LogP contribution is -2.37. The van der Waals surface area contributed by atoms with E-state index in [9.17, 15) is 4.79 Å². The van der Waals surface area contributed by atoms with Gasteiger partial charge in [-0.1, -0.05) is 30.7 Å². The molecule has 0 saturated carbocycles. The van der Waals surface area contributed by atoms with Gasteiger partial charge >= 0.3 is 0 Å². The number of hydrogen-bond donors (Lipinski definition) is 0. The number of carbonyl (C=O) groups is 1. The molecule has 2 aromatic carbocycles. The number of thiazole rings is 1. The monoisotopic (exact) mass is 444 g/mol. The average Bonchev–Trinajstić information content (AvgIpc) is 3.23. The van der Waals surface area contributed by atoms with Crippen LogP contribution >= 0.6 is 22.9 Å². The summed E-state index contributed by atoms with van der Waals surface area (Å²) in [7, 11) is 1.62. The third-order valence-corrected chi connectivity index (χ3v) is 5.95. The van der Waals surface area contributed by atoms with Gasteiger partial charge in [-0.25, -0.2) is 4.98 Å². The van der Waals surface area contributed by atoms with E-state index in [1.54, 1.807) is 31.4 Å². The number of methoxy groups -OCH3 is 1. The molecule has 1 aromatic heterocycles. The van der Waals surface area contributed by atoms with Gasteiger partial charge in [-0.15, -0.1) is 11.3 Å². The smallest absolute Gasteiger partial charge is 0.254 e. The predicted octanol–water partition coefficient (Wildman–Crippen LogP) is 5.83. The number of nitrogens with zero attached hydrogens (tertiary/aromatic N) is 2. The van der Waals surface area contributed by atoms with Crippen LogP contribution in [0.5, 0.6) is 11.5 Å². The van der Waals surface area contributed by atoms with Crippen LogP contribution in [-0.4, -0.2) is 28.9 Å². The topological polar surface area (TPSA) is 51.7 Å². The molecule has 1 heterocycles. The zero-order valence-corrected chi connectivity index (χ0v) is 18.9. The largest absolute Gasteiger partial charge is 0.493 e. The summed E-state index contributed by atoms with van der Waals surface area (Å²) in [5, 5.41) is 3.44. The van der Waals surface area contributed by atoms with Crippen molar-refractivity contribution >= 4 is 28.8 Å². The molecule has 3 aromatic rings. The summed E-state index contributed by atoms with van der Waals surface area (Å²) in [5.74, 6) is 1.34. The van der Waals surface area contributed by atoms with Gasteiger partial charge in [-0.2, -0.15) is 0 Å². The van der Waals surface area contributed by atoms with Gasteiger partial charge in [-0.3, -0.25) is 4.79 Å². The molecular formula is C23H25ClN2O3S. The molecule has 0 bridgehead atoms. The van der Waals surface area contributed by atoms with E-state index in [1.165, 1.54) is 11.3 Å². The molecule has 30 heavy (non-hydrogen) atoms. The zero-order chi connectivity index (χ0) is 21.5. The second kappa shape index (κ2) is 10.5. The molecule has 0 saturated heterocycles. The number of hydrogen-bond acceptors (Lipinski definition) is 5. The Balaban J connectivity index is 1.69. The molecule has 0 aliphatic rings. The van der Waals surface area contributed by atoms with Crippen LogP contribution in [0.3, 0.4) is 0 Å². The predicted molar refractivity (Wildman–Crippen MR) is 121 cm³/mol. The van der Waals surface area contributed by atoms with Crippen LogP contribution in [0.15, 0.2) is 53.9 Å². The highest BCUT2D eigenvalue weighted by Gasteiger charge is 2.22. The molecule has 0 unspecified atom stereocenters. The lowest BCUT2D eigenvalue weighted by Gasteiger charge is -2.28. The Labute approximate surface area is 186 Å². The Morgan fingerprint density at radius 3 is 2.53 bits per heavy atom. The number of ether oxygens (including phenoxy) is 2. The number of rotatable bonds is 9. The van der Waals surface area contributed by atoms with Crippen LogP contribution in [0.25, 0.3) is 0 Å². The van der Waals surface area contributed by atoms with Crippen molar-refractivity contribution < 1.29 is 14.3 Å². The highest BCUT2D eigenvalue weighted by atomic mass is 35.5. The minimum Gasteiger partial charge on any atom is -0.493 e. The number of amides is 1. The first-order chi connectivity index (χ1) is 14.5. The zero-order valence-electron chi connectivity index (χ0n) is 17.3. The van der Waals surface area contributed by atoms with Crippen LogP contribution in [0.4, 0.5) is 0 Å². The third kappa shape index (κ3) is 5.52. The molecule has 0 aliphatic heterocycles. The van der Waals surface area contributed by atoms with Crippen molar-refractivity contribution in [3.05, 3.63) is 75.2 Å². The van der Waals surface area contributed by atoms with E-state index >= 15 is 0 Å². The van der Waals surface area contributed by atoms with Gasteiger partial charge in [0.15, 0.2) is 11.5 Å². The van der Waals surface area contributed by atoms with Crippen molar-refractivity contribution in [2.24, 2.45) is 0 Å². The molecule has 0 radical (unpaired) electrons. The van der Waals surface area contributed by atoms with Crippen molar-refractivity contribution in [3.63, 3.8) is 0 Å². The maximum absolute atomic E-state index is 13.1. The minimum absolute atomic E-state index is 0.0270. The van der Waals surface area contributed by atoms with Gasteiger partial charge in [0.2, 0.25) is 0 Å². The normalized spacial score (nSPS) is 11.7. The lowest BCUT2D eigenvalue weighted by atomic mass is 10.1. The van der Waals surface area contributed by atoms with Crippen LogP contribution < -0.4 is 9.47 Å². The van der Waals surface area contributed by atoms with Gasteiger partial charge in [0.05, 0.1) is 19.3 Å². The fourth-order valence-electron chi connectivity index (χ4n) is 2.95.